The third-order valence-corrected chi connectivity index (χ3v) is 4.22. The van der Waals surface area contributed by atoms with Crippen molar-refractivity contribution in [2.75, 3.05) is 34.4 Å². The van der Waals surface area contributed by atoms with Gasteiger partial charge in [0.05, 0.1) is 20.8 Å². The molecule has 1 rings (SSSR count). The quantitative estimate of drug-likeness (QED) is 0.483. The predicted molar refractivity (Wildman–Crippen MR) is 110 cm³/mol. The number of nitrogens with zero attached hydrogens (tertiary/aromatic N) is 2. The van der Waals surface area contributed by atoms with Crippen LogP contribution in [0.15, 0.2) is 23.2 Å². The number of guanidine groups is 1. The Morgan fingerprint density at radius 3 is 2.59 bits per heavy atom. The standard InChI is InChI=1S/C20H34N4O3/c1-7-15(3)23-19(25)11-12-22-20(21-8-2)24(4)14-16-9-10-17(26-5)13-18(16)27-6/h9-10,13,15H,7-8,11-12,14H2,1-6H3,(H,21,22)(H,23,25). The van der Waals surface area contributed by atoms with Crippen LogP contribution >= 0.6 is 0 Å². The molecule has 0 saturated carbocycles. The molecule has 0 aliphatic carbocycles. The van der Waals surface area contributed by atoms with Crippen molar-refractivity contribution in [1.29, 1.82) is 0 Å². The van der Waals surface area contributed by atoms with E-state index in [0.29, 0.717) is 19.5 Å². The van der Waals surface area contributed by atoms with E-state index in [1.165, 1.54) is 0 Å². The average molecular weight is 379 g/mol. The third-order valence-electron chi connectivity index (χ3n) is 4.22. The van der Waals surface area contributed by atoms with Crippen LogP contribution in [0.5, 0.6) is 11.5 Å². The lowest BCUT2D eigenvalue weighted by Gasteiger charge is -2.23. The Kier molecular flexibility index (Phi) is 10.1. The zero-order valence-electron chi connectivity index (χ0n) is 17.5. The lowest BCUT2D eigenvalue weighted by molar-refractivity contribution is -0.121. The molecule has 1 aromatic rings. The van der Waals surface area contributed by atoms with E-state index >= 15 is 0 Å². The van der Waals surface area contributed by atoms with Gasteiger partial charge in [-0.1, -0.05) is 6.92 Å². The Balaban J connectivity index is 2.74. The second kappa shape index (κ2) is 12.0. The summed E-state index contributed by atoms with van der Waals surface area (Å²) in [6.07, 6.45) is 1.29. The lowest BCUT2D eigenvalue weighted by atomic mass is 10.2. The fourth-order valence-electron chi connectivity index (χ4n) is 2.49. The fourth-order valence-corrected chi connectivity index (χ4v) is 2.49. The number of carbonyl (C=O) groups excluding carboxylic acids is 1. The summed E-state index contributed by atoms with van der Waals surface area (Å²) >= 11 is 0. The minimum absolute atomic E-state index is 0.0309. The Bertz CT molecular complexity index is 619. The smallest absolute Gasteiger partial charge is 0.222 e. The molecule has 7 heteroatoms. The molecule has 0 radical (unpaired) electrons. The van der Waals surface area contributed by atoms with Crippen molar-refractivity contribution in [2.24, 2.45) is 4.99 Å². The van der Waals surface area contributed by atoms with Crippen molar-refractivity contribution >= 4 is 11.9 Å². The van der Waals surface area contributed by atoms with Gasteiger partial charge in [-0.25, -0.2) is 0 Å². The Labute approximate surface area is 163 Å². The predicted octanol–water partition coefficient (Wildman–Crippen LogP) is 2.41. The molecule has 0 aliphatic heterocycles. The first-order valence-corrected chi connectivity index (χ1v) is 9.44. The van der Waals surface area contributed by atoms with E-state index in [2.05, 4.69) is 22.5 Å². The number of benzene rings is 1. The summed E-state index contributed by atoms with van der Waals surface area (Å²) in [6, 6.07) is 5.96. The van der Waals surface area contributed by atoms with Gasteiger partial charge in [-0.05, 0) is 32.4 Å². The van der Waals surface area contributed by atoms with Crippen LogP contribution in [0.2, 0.25) is 0 Å². The average Bonchev–Trinajstić information content (AvgIpc) is 2.67. The molecule has 0 bridgehead atoms. The van der Waals surface area contributed by atoms with Crippen LogP contribution in [0.1, 0.15) is 39.2 Å². The largest absolute Gasteiger partial charge is 0.497 e. The van der Waals surface area contributed by atoms with E-state index in [4.69, 9.17) is 9.47 Å². The number of nitrogens with one attached hydrogen (secondary N) is 2. The number of methoxy groups -OCH3 is 2. The number of hydrogen-bond acceptors (Lipinski definition) is 4. The molecule has 1 atom stereocenters. The van der Waals surface area contributed by atoms with E-state index < -0.39 is 0 Å². The van der Waals surface area contributed by atoms with Crippen LogP contribution in [-0.4, -0.2) is 57.2 Å². The summed E-state index contributed by atoms with van der Waals surface area (Å²) in [6.45, 7) is 7.89. The summed E-state index contributed by atoms with van der Waals surface area (Å²) < 4.78 is 10.7. The molecule has 0 spiro atoms. The van der Waals surface area contributed by atoms with Crippen LogP contribution in [0.3, 0.4) is 0 Å². The molecule has 2 N–H and O–H groups in total. The summed E-state index contributed by atoms with van der Waals surface area (Å²) in [5.74, 6) is 2.31. The van der Waals surface area contributed by atoms with Crippen molar-refractivity contribution < 1.29 is 14.3 Å². The highest BCUT2D eigenvalue weighted by atomic mass is 16.5. The number of hydrogen-bond donors (Lipinski definition) is 2. The van der Waals surface area contributed by atoms with E-state index in [0.717, 1.165) is 36.0 Å². The zero-order chi connectivity index (χ0) is 20.2. The summed E-state index contributed by atoms with van der Waals surface area (Å²) in [4.78, 5) is 18.5. The van der Waals surface area contributed by atoms with Gasteiger partial charge in [0.15, 0.2) is 5.96 Å². The Morgan fingerprint density at radius 2 is 2.00 bits per heavy atom. The number of aliphatic imine (C=N–C) groups is 1. The van der Waals surface area contributed by atoms with Gasteiger partial charge in [0.1, 0.15) is 11.5 Å². The van der Waals surface area contributed by atoms with Crippen molar-refractivity contribution in [3.63, 3.8) is 0 Å². The van der Waals surface area contributed by atoms with Gasteiger partial charge in [-0.2, -0.15) is 0 Å². The summed E-state index contributed by atoms with van der Waals surface area (Å²) in [5, 5.41) is 6.23. The molecule has 1 amide bonds. The topological polar surface area (TPSA) is 75.2 Å². The molecule has 0 heterocycles. The molecule has 7 nitrogen and oxygen atoms in total. The van der Waals surface area contributed by atoms with E-state index in [1.807, 2.05) is 44.0 Å². The first-order valence-electron chi connectivity index (χ1n) is 9.44. The second-order valence-electron chi connectivity index (χ2n) is 6.40. The molecular weight excluding hydrogens is 344 g/mol. The highest BCUT2D eigenvalue weighted by Gasteiger charge is 2.12. The molecule has 0 aromatic heterocycles. The van der Waals surface area contributed by atoms with Crippen LogP contribution in [-0.2, 0) is 11.3 Å². The van der Waals surface area contributed by atoms with Gasteiger partial charge in [-0.3, -0.25) is 9.79 Å². The van der Waals surface area contributed by atoms with Crippen LogP contribution in [0.25, 0.3) is 0 Å². The Morgan fingerprint density at radius 1 is 1.26 bits per heavy atom. The number of rotatable bonds is 10. The Hall–Kier alpha value is -2.44. The molecule has 1 unspecified atom stereocenters. The minimum atomic E-state index is 0.0309. The molecule has 152 valence electrons. The van der Waals surface area contributed by atoms with Crippen LogP contribution < -0.4 is 20.1 Å². The fraction of sp³-hybridized carbons (Fsp3) is 0.600. The van der Waals surface area contributed by atoms with E-state index in [1.54, 1.807) is 14.2 Å². The van der Waals surface area contributed by atoms with Crippen molar-refractivity contribution in [3.8, 4) is 11.5 Å². The maximum absolute atomic E-state index is 11.9. The van der Waals surface area contributed by atoms with Gasteiger partial charge in [0, 0.05) is 44.2 Å². The van der Waals surface area contributed by atoms with Gasteiger partial charge < -0.3 is 25.0 Å². The molecule has 27 heavy (non-hydrogen) atoms. The minimum Gasteiger partial charge on any atom is -0.497 e. The highest BCUT2D eigenvalue weighted by Crippen LogP contribution is 2.25. The summed E-state index contributed by atoms with van der Waals surface area (Å²) in [7, 11) is 5.24. The molecule has 0 saturated heterocycles. The van der Waals surface area contributed by atoms with Crippen LogP contribution in [0, 0.1) is 0 Å². The van der Waals surface area contributed by atoms with Crippen molar-refractivity contribution in [1.82, 2.24) is 15.5 Å². The van der Waals surface area contributed by atoms with Gasteiger partial charge in [0.25, 0.3) is 0 Å². The summed E-state index contributed by atoms with van der Waals surface area (Å²) in [5.41, 5.74) is 1.03. The molecular formula is C20H34N4O3. The maximum atomic E-state index is 11.9. The molecule has 1 aromatic carbocycles. The molecule has 0 fully saturated rings. The van der Waals surface area contributed by atoms with E-state index in [-0.39, 0.29) is 11.9 Å². The second-order valence-corrected chi connectivity index (χ2v) is 6.40. The SMILES string of the molecule is CCNC(=NCCC(=O)NC(C)CC)N(C)Cc1ccc(OC)cc1OC. The number of ether oxygens (including phenoxy) is 2. The normalized spacial score (nSPS) is 12.3. The van der Waals surface area contributed by atoms with Gasteiger partial charge in [0.2, 0.25) is 5.91 Å². The first kappa shape index (κ1) is 22.6. The van der Waals surface area contributed by atoms with Crippen molar-refractivity contribution in [2.45, 2.75) is 46.2 Å². The van der Waals surface area contributed by atoms with E-state index in [9.17, 15) is 4.79 Å². The van der Waals surface area contributed by atoms with Crippen LogP contribution in [0.4, 0.5) is 0 Å². The van der Waals surface area contributed by atoms with Gasteiger partial charge >= 0.3 is 0 Å². The first-order chi connectivity index (χ1) is 12.9. The number of carbonyl (C=O) groups is 1. The monoisotopic (exact) mass is 378 g/mol. The number of amides is 1. The molecule has 0 aliphatic rings. The maximum Gasteiger partial charge on any atom is 0.222 e. The third kappa shape index (κ3) is 7.76. The van der Waals surface area contributed by atoms with Gasteiger partial charge in [-0.15, -0.1) is 0 Å². The highest BCUT2D eigenvalue weighted by molar-refractivity contribution is 5.81. The lowest BCUT2D eigenvalue weighted by Crippen LogP contribution is -2.39. The zero-order valence-corrected chi connectivity index (χ0v) is 17.5. The van der Waals surface area contributed by atoms with Crippen molar-refractivity contribution in [3.05, 3.63) is 23.8 Å².